The van der Waals surface area contributed by atoms with Crippen molar-refractivity contribution in [2.24, 2.45) is 5.92 Å². The van der Waals surface area contributed by atoms with Crippen molar-refractivity contribution < 1.29 is 38.2 Å². The number of benzene rings is 1. The molecule has 128 valence electrons. The molecule has 24 heavy (non-hydrogen) atoms. The Morgan fingerprint density at radius 2 is 1.79 bits per heavy atom. The zero-order chi connectivity index (χ0) is 17.7. The van der Waals surface area contributed by atoms with Crippen molar-refractivity contribution in [3.63, 3.8) is 0 Å². The number of hydrogen-bond acceptors (Lipinski definition) is 6. The van der Waals surface area contributed by atoms with Gasteiger partial charge in [0.25, 0.3) is 5.82 Å². The fourth-order valence-corrected chi connectivity index (χ4v) is 2.49. The smallest absolute Gasteiger partial charge is 0.274 e. The lowest BCUT2D eigenvalue weighted by Crippen LogP contribution is -2.68. The van der Waals surface area contributed by atoms with E-state index in [9.17, 15) is 4.79 Å². The summed E-state index contributed by atoms with van der Waals surface area (Å²) >= 11 is 0. The maximum absolute atomic E-state index is 12.4. The third-order valence-corrected chi connectivity index (χ3v) is 3.57. The van der Waals surface area contributed by atoms with Crippen LogP contribution in [0.4, 0.5) is 5.82 Å². The molecule has 2 aromatic rings. The molecule has 2 heterocycles. The van der Waals surface area contributed by atoms with Gasteiger partial charge in [-0.2, -0.15) is 0 Å². The van der Waals surface area contributed by atoms with E-state index in [0.717, 1.165) is 17.9 Å². The van der Waals surface area contributed by atoms with Crippen LogP contribution < -0.4 is 28.5 Å². The van der Waals surface area contributed by atoms with Crippen molar-refractivity contribution in [3.05, 3.63) is 59.8 Å². The van der Waals surface area contributed by atoms with Crippen molar-refractivity contribution in [1.29, 1.82) is 0 Å². The van der Waals surface area contributed by atoms with Gasteiger partial charge in [0.1, 0.15) is 6.54 Å². The number of anilines is 1. The Morgan fingerprint density at radius 1 is 1.17 bits per heavy atom. The quantitative estimate of drug-likeness (QED) is 0.468. The van der Waals surface area contributed by atoms with Crippen LogP contribution in [0.3, 0.4) is 0 Å². The first-order chi connectivity index (χ1) is 11.2. The Morgan fingerprint density at radius 3 is 2.42 bits per heavy atom. The Kier molecular flexibility index (Phi) is 5.87. The highest BCUT2D eigenvalue weighted by atomic mass is 35.7. The number of carbonyl (C=O) groups is 1. The fourth-order valence-electron chi connectivity index (χ4n) is 2.49. The number of aromatic nitrogens is 1. The van der Waals surface area contributed by atoms with Crippen molar-refractivity contribution in [3.8, 4) is 0 Å². The van der Waals surface area contributed by atoms with Crippen LogP contribution >= 0.6 is 0 Å². The van der Waals surface area contributed by atoms with Crippen LogP contribution in [0.25, 0.3) is 0 Å². The zero-order valence-corrected chi connectivity index (χ0v) is 13.7. The van der Waals surface area contributed by atoms with Crippen molar-refractivity contribution in [2.75, 3.05) is 11.9 Å². The largest absolute Gasteiger partial charge is 0.294 e. The monoisotopic (exact) mass is 352 g/mol. The van der Waals surface area contributed by atoms with E-state index in [4.69, 9.17) is 18.6 Å². The van der Waals surface area contributed by atoms with Crippen LogP contribution in [-0.4, -0.2) is 12.3 Å². The van der Waals surface area contributed by atoms with Crippen LogP contribution in [0, 0.1) is 23.1 Å². The molecular weight excluding hydrogens is 336 g/mol. The highest BCUT2D eigenvalue weighted by Gasteiger charge is 2.29. The molecule has 0 saturated heterocycles. The first-order valence-corrected chi connectivity index (χ1v) is 8.42. The summed E-state index contributed by atoms with van der Waals surface area (Å²) in [5.74, 6) is 1.31. The average Bonchev–Trinajstić information content (AvgIpc) is 2.53. The summed E-state index contributed by atoms with van der Waals surface area (Å²) in [6.07, 6.45) is 2.04. The summed E-state index contributed by atoms with van der Waals surface area (Å²) in [6, 6.07) is 13.7. The van der Waals surface area contributed by atoms with E-state index in [0.29, 0.717) is 6.54 Å². The average molecular weight is 353 g/mol. The zero-order valence-electron chi connectivity index (χ0n) is 13.0. The van der Waals surface area contributed by atoms with E-state index >= 15 is 0 Å². The minimum Gasteiger partial charge on any atom is -0.294 e. The highest BCUT2D eigenvalue weighted by molar-refractivity contribution is 5.98. The number of nitrogens with zero attached hydrogens (tertiary/aromatic N) is 1. The van der Waals surface area contributed by atoms with Gasteiger partial charge in [0.05, 0.1) is 18.7 Å². The molecule has 1 N–H and O–H groups in total. The van der Waals surface area contributed by atoms with Crippen LogP contribution in [0.1, 0.15) is 15.9 Å². The molecule has 0 bridgehead atoms. The molecule has 0 radical (unpaired) electrons. The molecule has 8 heteroatoms. The van der Waals surface area contributed by atoms with Gasteiger partial charge >= 0.3 is 0 Å². The van der Waals surface area contributed by atoms with E-state index in [2.05, 4.69) is 28.9 Å². The molecule has 1 aromatic carbocycles. The second kappa shape index (κ2) is 7.69. The second-order valence-electron chi connectivity index (χ2n) is 5.43. The Bertz CT molecular complexity index is 697. The lowest BCUT2D eigenvalue weighted by molar-refractivity contribution is -2.00. The summed E-state index contributed by atoms with van der Waals surface area (Å²) < 4.78 is 36.1. The van der Waals surface area contributed by atoms with Crippen molar-refractivity contribution in [1.82, 2.24) is 0 Å². The van der Waals surface area contributed by atoms with E-state index in [1.165, 1.54) is 5.56 Å². The molecular formula is C16H17ClN2O5. The maximum Gasteiger partial charge on any atom is 0.274 e. The molecule has 0 aliphatic carbocycles. The first kappa shape index (κ1) is 18.3. The molecule has 0 spiro atoms. The molecule has 1 atom stereocenters. The Balaban J connectivity index is 0.000000368. The van der Waals surface area contributed by atoms with Crippen LogP contribution in [0.2, 0.25) is 0 Å². The number of rotatable bonds is 2. The Labute approximate surface area is 141 Å². The first-order valence-electron chi connectivity index (χ1n) is 7.19. The van der Waals surface area contributed by atoms with E-state index in [1.54, 1.807) is 0 Å². The summed E-state index contributed by atoms with van der Waals surface area (Å²) in [4.78, 5) is 12.4. The van der Waals surface area contributed by atoms with Gasteiger partial charge in [-0.25, -0.2) is 23.2 Å². The summed E-state index contributed by atoms with van der Waals surface area (Å²) in [5, 5.41) is 3.35. The van der Waals surface area contributed by atoms with E-state index < -0.39 is 10.2 Å². The number of fused-ring (bicyclic) bond motifs is 1. The van der Waals surface area contributed by atoms with Crippen LogP contribution in [0.5, 0.6) is 0 Å². The van der Waals surface area contributed by atoms with Gasteiger partial charge in [0.15, 0.2) is 5.78 Å². The van der Waals surface area contributed by atoms with Crippen molar-refractivity contribution >= 4 is 11.6 Å². The molecule has 7 nitrogen and oxygen atoms in total. The van der Waals surface area contributed by atoms with Gasteiger partial charge in [-0.15, -0.1) is 10.2 Å². The lowest BCUT2D eigenvalue weighted by Gasteiger charge is -2.20. The van der Waals surface area contributed by atoms with E-state index in [-0.39, 0.29) is 11.7 Å². The lowest BCUT2D eigenvalue weighted by atomic mass is 9.96. The molecule has 1 aliphatic rings. The molecule has 0 fully saturated rings. The van der Waals surface area contributed by atoms with Gasteiger partial charge in [-0.1, -0.05) is 30.3 Å². The molecule has 0 saturated carbocycles. The number of Topliss-reactive ketones (excluding diaryl/α,β-unsaturated/α-hetero) is 1. The standard InChI is InChI=1S/C16H16N2O.ClHO4/c1-12-7-8-18-11-14(10-17-15(18)9-12)16(19)13-5-3-2-4-6-13;2-1(3,4)5/h2-9,14H,10-11H2,1H3;(H,2,3,4,5). The number of halogens is 1. The van der Waals surface area contributed by atoms with E-state index in [1.807, 2.05) is 36.5 Å². The minimum atomic E-state index is -4.94. The fraction of sp³-hybridized carbons (Fsp3) is 0.250. The molecule has 1 unspecified atom stereocenters. The topological polar surface area (TPSA) is 125 Å². The van der Waals surface area contributed by atoms with Crippen molar-refractivity contribution in [2.45, 2.75) is 13.5 Å². The third kappa shape index (κ3) is 5.55. The number of pyridine rings is 1. The molecule has 1 aliphatic heterocycles. The van der Waals surface area contributed by atoms with Gasteiger partial charge in [-0.3, -0.25) is 10.1 Å². The predicted octanol–water partition coefficient (Wildman–Crippen LogP) is -2.55. The number of aryl methyl sites for hydroxylation is 1. The number of hydrogen-bond donors (Lipinski definition) is 1. The molecule has 0 amide bonds. The second-order valence-corrected chi connectivity index (χ2v) is 6.18. The van der Waals surface area contributed by atoms with Gasteiger partial charge in [0.2, 0.25) is 0 Å². The third-order valence-electron chi connectivity index (χ3n) is 3.57. The molecule has 3 rings (SSSR count). The van der Waals surface area contributed by atoms with Crippen LogP contribution in [0.15, 0.2) is 48.7 Å². The summed E-state index contributed by atoms with van der Waals surface area (Å²) in [5.41, 5.74) is 2.03. The van der Waals surface area contributed by atoms with Crippen LogP contribution in [-0.2, 0) is 6.54 Å². The highest BCUT2D eigenvalue weighted by Crippen LogP contribution is 2.16. The number of carbonyl (C=O) groups excluding carboxylic acids is 1. The summed E-state index contributed by atoms with van der Waals surface area (Å²) in [7, 11) is -4.94. The molecule has 1 aromatic heterocycles. The predicted molar refractivity (Wildman–Crippen MR) is 74.1 cm³/mol. The normalized spacial score (nSPS) is 16.3. The minimum absolute atomic E-state index is 0.00241. The SMILES string of the molecule is Cc1cc[n+]2c(c1)NCC(C(=O)c1ccccc1)C2.[O-][Cl+3]([O-])([O-])[O-]. The number of ketones is 1. The van der Waals surface area contributed by atoms with Gasteiger partial charge in [-0.05, 0) is 18.6 Å². The Hall–Kier alpha value is -2.03. The van der Waals surface area contributed by atoms with Gasteiger partial charge in [0, 0.05) is 11.6 Å². The maximum atomic E-state index is 12.4. The summed E-state index contributed by atoms with van der Waals surface area (Å²) in [6.45, 7) is 3.53. The number of nitrogens with one attached hydrogen (secondary N) is 1. The van der Waals surface area contributed by atoms with Gasteiger partial charge < -0.3 is 0 Å².